The normalized spacial score (nSPS) is 15.8. The van der Waals surface area contributed by atoms with E-state index in [1.807, 2.05) is 22.1 Å². The molecule has 3 heterocycles. The van der Waals surface area contributed by atoms with Gasteiger partial charge in [-0.15, -0.1) is 11.3 Å². The van der Waals surface area contributed by atoms with Crippen LogP contribution in [0.2, 0.25) is 0 Å². The van der Waals surface area contributed by atoms with Crippen LogP contribution in [-0.4, -0.2) is 51.2 Å². The van der Waals surface area contributed by atoms with Crippen LogP contribution in [0.25, 0.3) is 10.7 Å². The fraction of sp³-hybridized carbons (Fsp3) is 0.333. The number of ether oxygens (including phenoxy) is 1. The third kappa shape index (κ3) is 4.70. The van der Waals surface area contributed by atoms with Gasteiger partial charge in [0, 0.05) is 25.2 Å². The van der Waals surface area contributed by atoms with Crippen molar-refractivity contribution in [3.8, 4) is 16.5 Å². The van der Waals surface area contributed by atoms with Crippen molar-refractivity contribution >= 4 is 41.1 Å². The van der Waals surface area contributed by atoms with Crippen molar-refractivity contribution in [2.24, 2.45) is 0 Å². The molecule has 1 aromatic carbocycles. The molecule has 2 aromatic heterocycles. The number of hydrogen-bond acceptors (Lipinski definition) is 6. The van der Waals surface area contributed by atoms with E-state index in [1.54, 1.807) is 47.6 Å². The summed E-state index contributed by atoms with van der Waals surface area (Å²) in [4.78, 5) is 28.4. The monoisotopic (exact) mass is 457 g/mol. The molecule has 2 N–H and O–H groups in total. The van der Waals surface area contributed by atoms with Crippen molar-refractivity contribution < 1.29 is 14.3 Å². The molecule has 4 rings (SSSR count). The average molecular weight is 458 g/mol. The highest BCUT2D eigenvalue weighted by Gasteiger charge is 2.34. The van der Waals surface area contributed by atoms with E-state index in [2.05, 4.69) is 15.5 Å². The number of aromatic amines is 1. The summed E-state index contributed by atoms with van der Waals surface area (Å²) in [5.41, 5.74) is 0.676. The number of nitrogens with zero attached hydrogens (tertiary/aromatic N) is 3. The predicted molar refractivity (Wildman–Crippen MR) is 122 cm³/mol. The van der Waals surface area contributed by atoms with Gasteiger partial charge < -0.3 is 15.0 Å². The van der Waals surface area contributed by atoms with Crippen LogP contribution in [0.5, 0.6) is 5.75 Å². The minimum Gasteiger partial charge on any atom is -0.497 e. The number of hydrogen-bond donors (Lipinski definition) is 2. The molecule has 162 valence electrons. The third-order valence-electron chi connectivity index (χ3n) is 5.28. The van der Waals surface area contributed by atoms with Crippen LogP contribution in [0.4, 0.5) is 5.69 Å². The number of carbonyl (C=O) groups excluding carboxylic acids is 2. The van der Waals surface area contributed by atoms with E-state index in [9.17, 15) is 9.59 Å². The first-order chi connectivity index (χ1) is 15.1. The summed E-state index contributed by atoms with van der Waals surface area (Å²) < 4.78 is 7.45. The second kappa shape index (κ2) is 9.44. The van der Waals surface area contributed by atoms with Gasteiger partial charge in [0.1, 0.15) is 11.8 Å². The van der Waals surface area contributed by atoms with Gasteiger partial charge in [0.05, 0.1) is 12.0 Å². The number of nitrogens with one attached hydrogen (secondary N) is 2. The second-order valence-electron chi connectivity index (χ2n) is 7.19. The smallest absolute Gasteiger partial charge is 0.247 e. The fourth-order valence-electron chi connectivity index (χ4n) is 3.71. The molecule has 2 amide bonds. The quantitative estimate of drug-likeness (QED) is 0.528. The van der Waals surface area contributed by atoms with Crippen LogP contribution in [0.3, 0.4) is 0 Å². The Bertz CT molecular complexity index is 1100. The lowest BCUT2D eigenvalue weighted by Gasteiger charge is -2.24. The number of benzene rings is 1. The largest absolute Gasteiger partial charge is 0.497 e. The Kier molecular flexibility index (Phi) is 6.47. The molecule has 0 bridgehead atoms. The van der Waals surface area contributed by atoms with Gasteiger partial charge in [-0.25, -0.2) is 0 Å². The highest BCUT2D eigenvalue weighted by molar-refractivity contribution is 7.71. The third-order valence-corrected chi connectivity index (χ3v) is 6.46. The molecule has 1 fully saturated rings. The number of carbonyl (C=O) groups is 2. The average Bonchev–Trinajstić information content (AvgIpc) is 3.53. The maximum atomic E-state index is 13.0. The molecule has 0 saturated carbocycles. The van der Waals surface area contributed by atoms with Crippen LogP contribution in [0, 0.1) is 4.77 Å². The first-order valence-corrected chi connectivity index (χ1v) is 11.3. The molecule has 1 unspecified atom stereocenters. The lowest BCUT2D eigenvalue weighted by molar-refractivity contribution is -0.136. The summed E-state index contributed by atoms with van der Waals surface area (Å²) in [5, 5.41) is 12.0. The van der Waals surface area contributed by atoms with Gasteiger partial charge in [0.25, 0.3) is 0 Å². The van der Waals surface area contributed by atoms with Gasteiger partial charge in [-0.05, 0) is 60.8 Å². The Balaban J connectivity index is 1.40. The zero-order valence-corrected chi connectivity index (χ0v) is 18.7. The Labute approximate surface area is 188 Å². The van der Waals surface area contributed by atoms with Gasteiger partial charge in [-0.3, -0.25) is 19.3 Å². The molecule has 1 aliphatic rings. The highest BCUT2D eigenvalue weighted by atomic mass is 32.1. The Hall–Kier alpha value is -2.98. The first kappa shape index (κ1) is 21.3. The summed E-state index contributed by atoms with van der Waals surface area (Å²) in [6.07, 6.45) is 1.70. The molecular formula is C21H23N5O3S2. The predicted octanol–water partition coefficient (Wildman–Crippen LogP) is 3.70. The molecule has 1 aliphatic heterocycles. The summed E-state index contributed by atoms with van der Waals surface area (Å²) in [5.74, 6) is 1.21. The number of rotatable bonds is 7. The molecule has 31 heavy (non-hydrogen) atoms. The Morgan fingerprint density at radius 1 is 1.32 bits per heavy atom. The van der Waals surface area contributed by atoms with E-state index in [0.717, 1.165) is 22.9 Å². The van der Waals surface area contributed by atoms with E-state index < -0.39 is 6.04 Å². The zero-order valence-electron chi connectivity index (χ0n) is 17.0. The molecule has 0 radical (unpaired) electrons. The number of H-pyrrole nitrogens is 1. The van der Waals surface area contributed by atoms with Crippen LogP contribution in [-0.2, 0) is 16.1 Å². The van der Waals surface area contributed by atoms with Gasteiger partial charge in [0.2, 0.25) is 11.8 Å². The molecule has 0 aliphatic carbocycles. The number of amides is 2. The molecular weight excluding hydrogens is 434 g/mol. The first-order valence-electron chi connectivity index (χ1n) is 10.0. The summed E-state index contributed by atoms with van der Waals surface area (Å²) in [7, 11) is 1.59. The van der Waals surface area contributed by atoms with E-state index in [4.69, 9.17) is 17.0 Å². The van der Waals surface area contributed by atoms with E-state index in [0.29, 0.717) is 30.0 Å². The van der Waals surface area contributed by atoms with Gasteiger partial charge in [-0.1, -0.05) is 6.07 Å². The van der Waals surface area contributed by atoms with E-state index in [1.165, 1.54) is 0 Å². The maximum absolute atomic E-state index is 13.0. The van der Waals surface area contributed by atoms with Crippen LogP contribution in [0.1, 0.15) is 19.3 Å². The van der Waals surface area contributed by atoms with Crippen molar-refractivity contribution in [1.29, 1.82) is 0 Å². The lowest BCUT2D eigenvalue weighted by atomic mass is 10.2. The van der Waals surface area contributed by atoms with Crippen molar-refractivity contribution in [2.75, 3.05) is 19.0 Å². The Morgan fingerprint density at radius 2 is 2.13 bits per heavy atom. The van der Waals surface area contributed by atoms with Crippen LogP contribution in [0.15, 0.2) is 41.8 Å². The fourth-order valence-corrected chi connectivity index (χ4v) is 4.65. The number of aromatic nitrogens is 3. The molecule has 10 heteroatoms. The number of methoxy groups -OCH3 is 1. The summed E-state index contributed by atoms with van der Waals surface area (Å²) in [6.45, 7) is 0.985. The van der Waals surface area contributed by atoms with Crippen LogP contribution < -0.4 is 10.1 Å². The van der Waals surface area contributed by atoms with Crippen molar-refractivity contribution in [2.45, 2.75) is 31.8 Å². The Morgan fingerprint density at radius 3 is 2.84 bits per heavy atom. The van der Waals surface area contributed by atoms with Crippen molar-refractivity contribution in [3.63, 3.8) is 0 Å². The molecule has 1 atom stereocenters. The highest BCUT2D eigenvalue weighted by Crippen LogP contribution is 2.24. The van der Waals surface area contributed by atoms with Gasteiger partial charge in [0.15, 0.2) is 10.6 Å². The van der Waals surface area contributed by atoms with Crippen LogP contribution >= 0.6 is 23.6 Å². The van der Waals surface area contributed by atoms with Gasteiger partial charge >= 0.3 is 0 Å². The molecule has 8 nitrogen and oxygen atoms in total. The molecule has 3 aromatic rings. The van der Waals surface area contributed by atoms with E-state index in [-0.39, 0.29) is 18.2 Å². The minimum atomic E-state index is -0.469. The minimum absolute atomic E-state index is 0.0624. The lowest BCUT2D eigenvalue weighted by Crippen LogP contribution is -2.43. The van der Waals surface area contributed by atoms with Crippen molar-refractivity contribution in [1.82, 2.24) is 19.7 Å². The number of anilines is 1. The summed E-state index contributed by atoms with van der Waals surface area (Å²) in [6, 6.07) is 10.6. The van der Waals surface area contributed by atoms with E-state index >= 15 is 0 Å². The standard InChI is InChI=1S/C21H23N5O3S2/c1-29-15-8-6-14(7-9-15)22-20(28)16-4-2-11-25(16)18(27)10-12-26-19(23-24-21(26)30)17-5-3-13-31-17/h3,5-9,13,16H,2,4,10-12H2,1H3,(H,22,28)(H,24,30). The molecule has 1 saturated heterocycles. The van der Waals surface area contributed by atoms with Gasteiger partial charge in [-0.2, -0.15) is 5.10 Å². The summed E-state index contributed by atoms with van der Waals surface area (Å²) >= 11 is 6.91. The topological polar surface area (TPSA) is 92.2 Å². The second-order valence-corrected chi connectivity index (χ2v) is 8.53. The number of thiophene rings is 1. The SMILES string of the molecule is COc1ccc(NC(=O)C2CCCN2C(=O)CCn2c(-c3cccs3)n[nH]c2=S)cc1. The number of likely N-dealkylation sites (tertiary alicyclic amines) is 1. The zero-order chi connectivity index (χ0) is 21.8. The maximum Gasteiger partial charge on any atom is 0.247 e. The van der Waals surface area contributed by atoms with Crippen molar-refractivity contribution in [3.05, 3.63) is 46.5 Å². The molecule has 0 spiro atoms.